The Hall–Kier alpha value is 0.137. The minimum absolute atomic E-state index is 0.485. The van der Waals surface area contributed by atoms with E-state index in [2.05, 4.69) is 31.6 Å². The molecule has 0 amide bonds. The summed E-state index contributed by atoms with van der Waals surface area (Å²) in [6.07, 6.45) is 3.73. The maximum Gasteiger partial charge on any atom is 0.0599 e. The molecule has 0 aromatic rings. The Morgan fingerprint density at radius 1 is 1.33 bits per heavy atom. The quantitative estimate of drug-likeness (QED) is 0.673. The Balaban J connectivity index is 2.25. The number of rotatable bonds is 3. The van der Waals surface area contributed by atoms with Gasteiger partial charge in [0.1, 0.15) is 0 Å². The Bertz CT molecular complexity index is 147. The molecule has 0 heterocycles. The lowest BCUT2D eigenvalue weighted by Crippen LogP contribution is -2.52. The molecule has 2 nitrogen and oxygen atoms in total. The number of hydrogen-bond acceptors (Lipinski definition) is 2. The highest BCUT2D eigenvalue weighted by atomic mass is 28.3. The predicted molar refractivity (Wildman–Crippen MR) is 57.0 cm³/mol. The van der Waals surface area contributed by atoms with Crippen molar-refractivity contribution in [2.75, 3.05) is 13.2 Å². The Labute approximate surface area is 77.1 Å². The molecule has 1 saturated carbocycles. The lowest BCUT2D eigenvalue weighted by atomic mass is 9.87. The van der Waals surface area contributed by atoms with Crippen molar-refractivity contribution in [3.05, 3.63) is 0 Å². The first-order chi connectivity index (χ1) is 5.38. The number of hydrogen-bond donors (Lipinski definition) is 1. The van der Waals surface area contributed by atoms with Crippen LogP contribution >= 0.6 is 0 Å². The molecule has 2 N–H and O–H groups in total. The highest BCUT2D eigenvalue weighted by molar-refractivity contribution is 6.76. The molecule has 0 atom stereocenters. The first kappa shape index (κ1) is 10.2. The van der Waals surface area contributed by atoms with Crippen molar-refractivity contribution in [1.29, 1.82) is 0 Å². The minimum atomic E-state index is -0.902. The van der Waals surface area contributed by atoms with Gasteiger partial charge in [-0.25, -0.2) is 0 Å². The van der Waals surface area contributed by atoms with E-state index in [0.717, 1.165) is 6.04 Å². The SMILES string of the molecule is CN(C[Si](C)(C)C)C1CC(N)C1. The zero-order valence-electron chi connectivity index (χ0n) is 8.80. The van der Waals surface area contributed by atoms with Crippen LogP contribution in [0.25, 0.3) is 0 Å². The summed E-state index contributed by atoms with van der Waals surface area (Å²) in [7, 11) is 1.34. The predicted octanol–water partition coefficient (Wildman–Crippen LogP) is 1.29. The molecular weight excluding hydrogens is 164 g/mol. The molecular formula is C9H22N2Si. The van der Waals surface area contributed by atoms with Crippen LogP contribution in [-0.4, -0.2) is 38.3 Å². The molecule has 0 aromatic carbocycles. The first-order valence-electron chi connectivity index (χ1n) is 4.84. The van der Waals surface area contributed by atoms with Gasteiger partial charge in [0.05, 0.1) is 8.07 Å². The summed E-state index contributed by atoms with van der Waals surface area (Å²) >= 11 is 0. The molecule has 0 aliphatic heterocycles. The van der Waals surface area contributed by atoms with E-state index in [4.69, 9.17) is 5.73 Å². The zero-order valence-corrected chi connectivity index (χ0v) is 9.80. The number of nitrogens with zero attached hydrogens (tertiary/aromatic N) is 1. The van der Waals surface area contributed by atoms with Gasteiger partial charge < -0.3 is 10.6 Å². The molecule has 0 bridgehead atoms. The molecule has 0 saturated heterocycles. The van der Waals surface area contributed by atoms with Gasteiger partial charge in [0.2, 0.25) is 0 Å². The average Bonchev–Trinajstić information content (AvgIpc) is 1.76. The smallest absolute Gasteiger partial charge is 0.0599 e. The normalized spacial score (nSPS) is 30.5. The van der Waals surface area contributed by atoms with E-state index in [1.54, 1.807) is 0 Å². The van der Waals surface area contributed by atoms with E-state index in [1.807, 2.05) is 0 Å². The van der Waals surface area contributed by atoms with Gasteiger partial charge in [-0.2, -0.15) is 0 Å². The van der Waals surface area contributed by atoms with Crippen molar-refractivity contribution < 1.29 is 0 Å². The van der Waals surface area contributed by atoms with Crippen molar-refractivity contribution >= 4 is 8.07 Å². The molecule has 0 radical (unpaired) electrons. The monoisotopic (exact) mass is 186 g/mol. The highest BCUT2D eigenvalue weighted by Crippen LogP contribution is 2.23. The summed E-state index contributed by atoms with van der Waals surface area (Å²) in [5.74, 6) is 0. The standard InChI is InChI=1S/C9H22N2Si/c1-11(7-12(2,3)4)9-5-8(10)6-9/h8-9H,5-7,10H2,1-4H3. The van der Waals surface area contributed by atoms with Crippen LogP contribution in [0, 0.1) is 0 Å². The first-order valence-corrected chi connectivity index (χ1v) is 8.55. The van der Waals surface area contributed by atoms with E-state index in [1.165, 1.54) is 19.0 Å². The van der Waals surface area contributed by atoms with Gasteiger partial charge in [-0.1, -0.05) is 19.6 Å². The summed E-state index contributed by atoms with van der Waals surface area (Å²) in [6.45, 7) is 7.26. The van der Waals surface area contributed by atoms with Crippen molar-refractivity contribution in [3.8, 4) is 0 Å². The zero-order chi connectivity index (χ0) is 9.35. The highest BCUT2D eigenvalue weighted by Gasteiger charge is 2.31. The van der Waals surface area contributed by atoms with Crippen LogP contribution in [0.1, 0.15) is 12.8 Å². The van der Waals surface area contributed by atoms with E-state index >= 15 is 0 Å². The lowest BCUT2D eigenvalue weighted by molar-refractivity contribution is 0.157. The Morgan fingerprint density at radius 3 is 2.17 bits per heavy atom. The number of nitrogens with two attached hydrogens (primary N) is 1. The summed E-state index contributed by atoms with van der Waals surface area (Å²) in [5.41, 5.74) is 5.76. The van der Waals surface area contributed by atoms with Gasteiger partial charge >= 0.3 is 0 Å². The van der Waals surface area contributed by atoms with Crippen molar-refractivity contribution in [2.24, 2.45) is 5.73 Å². The third-order valence-electron chi connectivity index (χ3n) is 2.50. The maximum absolute atomic E-state index is 5.76. The molecule has 1 fully saturated rings. The summed E-state index contributed by atoms with van der Waals surface area (Å²) in [6, 6.07) is 1.27. The Kier molecular flexibility index (Phi) is 2.96. The van der Waals surface area contributed by atoms with Crippen LogP contribution in [0.5, 0.6) is 0 Å². The fourth-order valence-corrected chi connectivity index (χ4v) is 3.62. The third kappa shape index (κ3) is 2.88. The molecule has 72 valence electrons. The topological polar surface area (TPSA) is 29.3 Å². The van der Waals surface area contributed by atoms with Gasteiger partial charge in [-0.05, 0) is 26.1 Å². The van der Waals surface area contributed by atoms with Crippen LogP contribution in [0.2, 0.25) is 19.6 Å². The van der Waals surface area contributed by atoms with Crippen LogP contribution in [0.3, 0.4) is 0 Å². The van der Waals surface area contributed by atoms with Crippen LogP contribution in [0.4, 0.5) is 0 Å². The van der Waals surface area contributed by atoms with Gasteiger partial charge in [-0.3, -0.25) is 0 Å². The van der Waals surface area contributed by atoms with Gasteiger partial charge in [-0.15, -0.1) is 0 Å². The van der Waals surface area contributed by atoms with Crippen molar-refractivity contribution in [3.63, 3.8) is 0 Å². The third-order valence-corrected chi connectivity index (χ3v) is 3.94. The minimum Gasteiger partial charge on any atom is -0.328 e. The Morgan fingerprint density at radius 2 is 1.83 bits per heavy atom. The van der Waals surface area contributed by atoms with Gasteiger partial charge in [0.25, 0.3) is 0 Å². The van der Waals surface area contributed by atoms with Crippen molar-refractivity contribution in [1.82, 2.24) is 4.90 Å². The van der Waals surface area contributed by atoms with E-state index in [0.29, 0.717) is 6.04 Å². The van der Waals surface area contributed by atoms with Crippen LogP contribution in [-0.2, 0) is 0 Å². The lowest BCUT2D eigenvalue weighted by Gasteiger charge is -2.41. The van der Waals surface area contributed by atoms with Crippen molar-refractivity contribution in [2.45, 2.75) is 44.6 Å². The van der Waals surface area contributed by atoms with E-state index in [-0.39, 0.29) is 0 Å². The second-order valence-corrected chi connectivity index (χ2v) is 10.8. The van der Waals surface area contributed by atoms with Gasteiger partial charge in [0, 0.05) is 12.1 Å². The van der Waals surface area contributed by atoms with Gasteiger partial charge in [0.15, 0.2) is 0 Å². The molecule has 0 unspecified atom stereocenters. The molecule has 1 aliphatic carbocycles. The second kappa shape index (κ2) is 3.48. The summed E-state index contributed by atoms with van der Waals surface area (Å²) < 4.78 is 0. The molecule has 1 aliphatic rings. The fourth-order valence-electron chi connectivity index (χ4n) is 1.87. The summed E-state index contributed by atoms with van der Waals surface area (Å²) in [5, 5.41) is 0. The average molecular weight is 186 g/mol. The van der Waals surface area contributed by atoms with E-state index in [9.17, 15) is 0 Å². The molecule has 0 aromatic heterocycles. The van der Waals surface area contributed by atoms with E-state index < -0.39 is 8.07 Å². The molecule has 0 spiro atoms. The second-order valence-electron chi connectivity index (χ2n) is 5.36. The van der Waals surface area contributed by atoms with Crippen LogP contribution in [0.15, 0.2) is 0 Å². The summed E-state index contributed by atoms with van der Waals surface area (Å²) in [4.78, 5) is 2.51. The fraction of sp³-hybridized carbons (Fsp3) is 1.00. The molecule has 12 heavy (non-hydrogen) atoms. The maximum atomic E-state index is 5.76. The largest absolute Gasteiger partial charge is 0.328 e. The molecule has 3 heteroatoms. The van der Waals surface area contributed by atoms with Crippen LogP contribution < -0.4 is 5.73 Å². The molecule has 1 rings (SSSR count).